The second-order valence-corrected chi connectivity index (χ2v) is 6.32. The summed E-state index contributed by atoms with van der Waals surface area (Å²) in [4.78, 5) is 46.7. The Bertz CT molecular complexity index is 783. The fourth-order valence-electron chi connectivity index (χ4n) is 1.99. The lowest BCUT2D eigenvalue weighted by Gasteiger charge is -2.15. The van der Waals surface area contributed by atoms with Crippen LogP contribution in [-0.2, 0) is 25.2 Å². The van der Waals surface area contributed by atoms with Gasteiger partial charge in [-0.25, -0.2) is 14.4 Å². The van der Waals surface area contributed by atoms with Crippen molar-refractivity contribution in [2.24, 2.45) is 0 Å². The summed E-state index contributed by atoms with van der Waals surface area (Å²) in [5, 5.41) is 1.16. The van der Waals surface area contributed by atoms with Crippen molar-refractivity contribution in [3.8, 4) is 5.75 Å². The van der Waals surface area contributed by atoms with Crippen LogP contribution >= 0.6 is 11.8 Å². The number of ether oxygens (including phenoxy) is 3. The number of rotatable bonds is 7. The van der Waals surface area contributed by atoms with Crippen LogP contribution in [0.3, 0.4) is 0 Å². The zero-order valence-electron chi connectivity index (χ0n) is 15.6. The molecule has 29 heavy (non-hydrogen) atoms. The number of thioether (sulfide) groups is 1. The summed E-state index contributed by atoms with van der Waals surface area (Å²) >= 11 is 0.402. The first-order valence-corrected chi connectivity index (χ1v) is 9.06. The highest BCUT2D eigenvalue weighted by Crippen LogP contribution is 2.34. The van der Waals surface area contributed by atoms with E-state index in [2.05, 4.69) is 10.1 Å². The maximum absolute atomic E-state index is 12.9. The maximum Gasteiger partial charge on any atom is 0.416 e. The highest BCUT2D eigenvalue weighted by molar-refractivity contribution is 8.13. The van der Waals surface area contributed by atoms with E-state index in [-0.39, 0.29) is 17.9 Å². The zero-order valence-corrected chi connectivity index (χ0v) is 16.4. The summed E-state index contributed by atoms with van der Waals surface area (Å²) < 4.78 is 52.9. The van der Waals surface area contributed by atoms with Gasteiger partial charge < -0.3 is 19.5 Å². The zero-order chi connectivity index (χ0) is 22.2. The first-order chi connectivity index (χ1) is 13.5. The van der Waals surface area contributed by atoms with Gasteiger partial charge in [0, 0.05) is 12.7 Å². The molecule has 0 fully saturated rings. The van der Waals surface area contributed by atoms with Crippen molar-refractivity contribution in [1.29, 1.82) is 0 Å². The summed E-state index contributed by atoms with van der Waals surface area (Å²) in [6.45, 7) is 2.60. The molecule has 8 nitrogen and oxygen atoms in total. The Kier molecular flexibility index (Phi) is 8.95. The number of nitrogens with one attached hydrogen (secondary N) is 1. The van der Waals surface area contributed by atoms with Crippen molar-refractivity contribution in [2.75, 3.05) is 19.5 Å². The van der Waals surface area contributed by atoms with Crippen LogP contribution in [0.4, 0.5) is 18.0 Å². The molecule has 0 heterocycles. The number of esters is 2. The van der Waals surface area contributed by atoms with E-state index in [0.29, 0.717) is 23.9 Å². The number of carbonyl (C=O) groups is 4. The molecule has 0 saturated heterocycles. The second-order valence-electron chi connectivity index (χ2n) is 5.37. The molecule has 0 aliphatic carbocycles. The van der Waals surface area contributed by atoms with Gasteiger partial charge in [0.1, 0.15) is 17.4 Å². The minimum atomic E-state index is -4.73. The molecule has 0 aromatic heterocycles. The van der Waals surface area contributed by atoms with E-state index in [1.54, 1.807) is 0 Å². The Balaban J connectivity index is 3.01. The fourth-order valence-corrected chi connectivity index (χ4v) is 2.66. The van der Waals surface area contributed by atoms with Crippen LogP contribution < -0.4 is 10.1 Å². The van der Waals surface area contributed by atoms with Crippen LogP contribution in [0.5, 0.6) is 5.75 Å². The summed E-state index contributed by atoms with van der Waals surface area (Å²) in [6, 6.07) is 0.806. The SMILES string of the molecule is CCOC(=O)c1ccc(C(F)(F)F)cc1OC(=O)SC[C@H](NC(C)=O)C(=O)OC. The molecule has 1 amide bonds. The molecule has 1 aromatic rings. The third-order valence-corrected chi connectivity index (χ3v) is 4.05. The standard InChI is InChI=1S/C17H18F3NO7S/c1-4-27-14(23)11-6-5-10(17(18,19)20)7-13(11)28-16(25)29-8-12(15(24)26-3)21-9(2)22/h5-7,12H,4,8H2,1-3H3,(H,21,22)/t12-/m0/s1. The van der Waals surface area contributed by atoms with Gasteiger partial charge >= 0.3 is 23.4 Å². The van der Waals surface area contributed by atoms with Gasteiger partial charge in [0.2, 0.25) is 5.91 Å². The number of halogens is 3. The van der Waals surface area contributed by atoms with Gasteiger partial charge in [0.25, 0.3) is 0 Å². The van der Waals surface area contributed by atoms with Crippen LogP contribution in [0.2, 0.25) is 0 Å². The van der Waals surface area contributed by atoms with E-state index >= 15 is 0 Å². The molecule has 0 spiro atoms. The Morgan fingerprint density at radius 3 is 2.38 bits per heavy atom. The second kappa shape index (κ2) is 10.7. The largest absolute Gasteiger partial charge is 0.467 e. The highest BCUT2D eigenvalue weighted by Gasteiger charge is 2.32. The van der Waals surface area contributed by atoms with E-state index in [1.165, 1.54) is 6.92 Å². The van der Waals surface area contributed by atoms with Gasteiger partial charge in [0.15, 0.2) is 0 Å². The average molecular weight is 437 g/mol. The van der Waals surface area contributed by atoms with E-state index in [9.17, 15) is 32.3 Å². The Hall–Kier alpha value is -2.76. The molecule has 12 heteroatoms. The topological polar surface area (TPSA) is 108 Å². The Morgan fingerprint density at radius 1 is 1.21 bits per heavy atom. The van der Waals surface area contributed by atoms with E-state index in [1.807, 2.05) is 0 Å². The van der Waals surface area contributed by atoms with Gasteiger partial charge in [-0.1, -0.05) is 0 Å². The van der Waals surface area contributed by atoms with E-state index < -0.39 is 46.7 Å². The van der Waals surface area contributed by atoms with Gasteiger partial charge in [-0.3, -0.25) is 4.79 Å². The molecule has 0 bridgehead atoms. The van der Waals surface area contributed by atoms with Crippen LogP contribution in [-0.4, -0.2) is 48.7 Å². The first kappa shape index (κ1) is 24.3. The maximum atomic E-state index is 12.9. The highest BCUT2D eigenvalue weighted by atomic mass is 32.2. The van der Waals surface area contributed by atoms with E-state index in [4.69, 9.17) is 9.47 Å². The summed E-state index contributed by atoms with van der Waals surface area (Å²) in [7, 11) is 1.08. The van der Waals surface area contributed by atoms with Gasteiger partial charge in [-0.15, -0.1) is 0 Å². The van der Waals surface area contributed by atoms with Crippen LogP contribution in [0.25, 0.3) is 0 Å². The van der Waals surface area contributed by atoms with Crippen LogP contribution in [0, 0.1) is 0 Å². The molecular weight excluding hydrogens is 419 g/mol. The lowest BCUT2D eigenvalue weighted by atomic mass is 10.1. The third kappa shape index (κ3) is 7.64. The predicted octanol–water partition coefficient (Wildman–Crippen LogP) is 2.79. The number of alkyl halides is 3. The number of benzene rings is 1. The monoisotopic (exact) mass is 437 g/mol. The number of hydrogen-bond donors (Lipinski definition) is 1. The van der Waals surface area contributed by atoms with Crippen molar-refractivity contribution in [1.82, 2.24) is 5.32 Å². The molecule has 1 aromatic carbocycles. The normalized spacial score (nSPS) is 11.9. The summed E-state index contributed by atoms with van der Waals surface area (Å²) in [5.74, 6) is -3.31. The van der Waals surface area contributed by atoms with Gasteiger partial charge in [-0.05, 0) is 36.9 Å². The molecular formula is C17H18F3NO7S. The minimum Gasteiger partial charge on any atom is -0.467 e. The lowest BCUT2D eigenvalue weighted by Crippen LogP contribution is -2.42. The molecule has 160 valence electrons. The molecule has 1 atom stereocenters. The molecule has 0 aliphatic heterocycles. The number of amides is 1. The first-order valence-electron chi connectivity index (χ1n) is 8.07. The summed E-state index contributed by atoms with van der Waals surface area (Å²) in [5.41, 5.74) is -1.51. The van der Waals surface area contributed by atoms with Crippen molar-refractivity contribution in [3.05, 3.63) is 29.3 Å². The predicted molar refractivity (Wildman–Crippen MR) is 95.5 cm³/mol. The number of methoxy groups -OCH3 is 1. The smallest absolute Gasteiger partial charge is 0.416 e. The van der Waals surface area contributed by atoms with Crippen LogP contribution in [0.15, 0.2) is 18.2 Å². The number of carbonyl (C=O) groups excluding carboxylic acids is 4. The quantitative estimate of drug-likeness (QED) is 0.649. The molecule has 0 saturated carbocycles. The fraction of sp³-hybridized carbons (Fsp3) is 0.412. The van der Waals surface area contributed by atoms with E-state index in [0.717, 1.165) is 20.1 Å². The minimum absolute atomic E-state index is 0.0421. The van der Waals surface area contributed by atoms with Crippen molar-refractivity contribution in [3.63, 3.8) is 0 Å². The van der Waals surface area contributed by atoms with Gasteiger partial charge in [-0.2, -0.15) is 13.2 Å². The molecule has 1 rings (SSSR count). The lowest BCUT2D eigenvalue weighted by molar-refractivity contribution is -0.144. The van der Waals surface area contributed by atoms with Crippen molar-refractivity contribution >= 4 is 34.9 Å². The summed E-state index contributed by atoms with van der Waals surface area (Å²) in [6.07, 6.45) is -4.73. The third-order valence-electron chi connectivity index (χ3n) is 3.23. The van der Waals surface area contributed by atoms with Gasteiger partial charge in [0.05, 0.1) is 19.3 Å². The van der Waals surface area contributed by atoms with Crippen molar-refractivity contribution < 1.29 is 46.6 Å². The Morgan fingerprint density at radius 2 is 1.86 bits per heavy atom. The molecule has 0 unspecified atom stereocenters. The van der Waals surface area contributed by atoms with Crippen LogP contribution in [0.1, 0.15) is 29.8 Å². The Labute approximate surface area is 168 Å². The molecule has 0 aliphatic rings. The molecule has 1 N–H and O–H groups in total. The average Bonchev–Trinajstić information content (AvgIpc) is 2.63. The number of hydrogen-bond acceptors (Lipinski definition) is 8. The molecule has 0 radical (unpaired) electrons. The van der Waals surface area contributed by atoms with Crippen molar-refractivity contribution in [2.45, 2.75) is 26.1 Å².